The van der Waals surface area contributed by atoms with Gasteiger partial charge in [0, 0.05) is 16.8 Å². The largest absolute Gasteiger partial charge is 0.310 e. The minimum absolute atomic E-state index is 1.10. The van der Waals surface area contributed by atoms with Gasteiger partial charge in [-0.15, -0.1) is 0 Å². The van der Waals surface area contributed by atoms with E-state index in [0.717, 1.165) is 17.1 Å². The molecule has 0 atom stereocenters. The van der Waals surface area contributed by atoms with Crippen molar-refractivity contribution in [3.05, 3.63) is 224 Å². The standard InChI is InChI=1S/C54H37N/c1-3-14-38(15-4-1)39-28-32-46(33-29-39)55(53-37-45(36-44-19-8-10-24-50(44)53)49-25-11-20-40-18-7-9-23-48(40)49)47-34-30-42(31-35-47)52-27-13-22-43-21-12-26-51(54(43)52)41-16-5-2-6-17-41/h1-37H. The Morgan fingerprint density at radius 2 is 0.709 bits per heavy atom. The fourth-order valence-electron chi connectivity index (χ4n) is 8.20. The number of anilines is 3. The zero-order valence-corrected chi connectivity index (χ0v) is 30.3. The highest BCUT2D eigenvalue weighted by Gasteiger charge is 2.19. The molecule has 0 radical (unpaired) electrons. The Hall–Kier alpha value is -7.22. The average molecular weight is 700 g/mol. The van der Waals surface area contributed by atoms with Crippen molar-refractivity contribution in [2.75, 3.05) is 4.90 Å². The molecule has 10 rings (SSSR count). The van der Waals surface area contributed by atoms with Crippen molar-refractivity contribution in [2.45, 2.75) is 0 Å². The van der Waals surface area contributed by atoms with Crippen LogP contribution in [-0.4, -0.2) is 0 Å². The van der Waals surface area contributed by atoms with Crippen LogP contribution < -0.4 is 4.90 Å². The Bertz CT molecular complexity index is 2940. The summed E-state index contributed by atoms with van der Waals surface area (Å²) in [6.07, 6.45) is 0. The second-order valence-electron chi connectivity index (χ2n) is 14.1. The molecule has 0 amide bonds. The fraction of sp³-hybridized carbons (Fsp3) is 0. The molecule has 0 spiro atoms. The van der Waals surface area contributed by atoms with Gasteiger partial charge < -0.3 is 4.90 Å². The lowest BCUT2D eigenvalue weighted by Crippen LogP contribution is -2.10. The van der Waals surface area contributed by atoms with Crippen molar-refractivity contribution < 1.29 is 0 Å². The van der Waals surface area contributed by atoms with Crippen LogP contribution in [0, 0.1) is 0 Å². The number of fused-ring (bicyclic) bond motifs is 3. The molecule has 55 heavy (non-hydrogen) atoms. The minimum atomic E-state index is 1.10. The van der Waals surface area contributed by atoms with Gasteiger partial charge in [0.15, 0.2) is 0 Å². The highest BCUT2D eigenvalue weighted by molar-refractivity contribution is 6.08. The Labute approximate surface area is 322 Å². The average Bonchev–Trinajstić information content (AvgIpc) is 3.27. The first-order valence-electron chi connectivity index (χ1n) is 18.9. The third kappa shape index (κ3) is 6.02. The van der Waals surface area contributed by atoms with E-state index >= 15 is 0 Å². The summed E-state index contributed by atoms with van der Waals surface area (Å²) < 4.78 is 0. The normalized spacial score (nSPS) is 11.3. The number of nitrogens with zero attached hydrogens (tertiary/aromatic N) is 1. The zero-order valence-electron chi connectivity index (χ0n) is 30.3. The van der Waals surface area contributed by atoms with Gasteiger partial charge in [0.05, 0.1) is 5.69 Å². The molecule has 0 N–H and O–H groups in total. The summed E-state index contributed by atoms with van der Waals surface area (Å²) in [6.45, 7) is 0. The summed E-state index contributed by atoms with van der Waals surface area (Å²) >= 11 is 0. The SMILES string of the molecule is c1ccc(-c2ccc(N(c3ccc(-c4cccc5cccc(-c6ccccc6)c45)cc3)c3cc(-c4cccc5ccccc45)cc4ccccc34)cc2)cc1. The molecule has 0 bridgehead atoms. The van der Waals surface area contributed by atoms with Gasteiger partial charge in [0.1, 0.15) is 0 Å². The predicted molar refractivity (Wildman–Crippen MR) is 235 cm³/mol. The van der Waals surface area contributed by atoms with Gasteiger partial charge in [-0.2, -0.15) is 0 Å². The van der Waals surface area contributed by atoms with Crippen LogP contribution in [0.15, 0.2) is 224 Å². The smallest absolute Gasteiger partial charge is 0.0546 e. The lowest BCUT2D eigenvalue weighted by atomic mass is 9.91. The van der Waals surface area contributed by atoms with Crippen molar-refractivity contribution >= 4 is 49.4 Å². The molecule has 1 heteroatoms. The van der Waals surface area contributed by atoms with Gasteiger partial charge in [-0.3, -0.25) is 0 Å². The Balaban J connectivity index is 1.16. The van der Waals surface area contributed by atoms with Crippen LogP contribution in [-0.2, 0) is 0 Å². The first kappa shape index (κ1) is 32.4. The van der Waals surface area contributed by atoms with E-state index in [4.69, 9.17) is 0 Å². The molecule has 0 fully saturated rings. The highest BCUT2D eigenvalue weighted by Crippen LogP contribution is 2.44. The molecule has 0 saturated heterocycles. The van der Waals surface area contributed by atoms with E-state index in [0.29, 0.717) is 0 Å². The van der Waals surface area contributed by atoms with Crippen molar-refractivity contribution in [1.82, 2.24) is 0 Å². The van der Waals surface area contributed by atoms with Crippen LogP contribution in [0.4, 0.5) is 17.1 Å². The van der Waals surface area contributed by atoms with E-state index in [1.165, 1.54) is 76.8 Å². The summed E-state index contributed by atoms with van der Waals surface area (Å²) in [7, 11) is 0. The minimum Gasteiger partial charge on any atom is -0.310 e. The van der Waals surface area contributed by atoms with Gasteiger partial charge >= 0.3 is 0 Å². The van der Waals surface area contributed by atoms with Gasteiger partial charge in [-0.25, -0.2) is 0 Å². The van der Waals surface area contributed by atoms with Gasteiger partial charge in [0.25, 0.3) is 0 Å². The fourth-order valence-corrected chi connectivity index (χ4v) is 8.20. The van der Waals surface area contributed by atoms with Crippen LogP contribution in [0.3, 0.4) is 0 Å². The van der Waals surface area contributed by atoms with Crippen molar-refractivity contribution in [1.29, 1.82) is 0 Å². The van der Waals surface area contributed by atoms with Gasteiger partial charge in [-0.1, -0.05) is 188 Å². The van der Waals surface area contributed by atoms with Crippen molar-refractivity contribution in [3.8, 4) is 44.5 Å². The molecule has 0 aliphatic rings. The molecular weight excluding hydrogens is 663 g/mol. The summed E-state index contributed by atoms with van der Waals surface area (Å²) in [5.41, 5.74) is 13.0. The summed E-state index contributed by atoms with van der Waals surface area (Å²) in [6, 6.07) is 81.5. The third-order valence-corrected chi connectivity index (χ3v) is 10.8. The van der Waals surface area contributed by atoms with E-state index in [-0.39, 0.29) is 0 Å². The number of rotatable bonds is 7. The summed E-state index contributed by atoms with van der Waals surface area (Å²) in [5.74, 6) is 0. The van der Waals surface area contributed by atoms with Gasteiger partial charge in [0.2, 0.25) is 0 Å². The third-order valence-electron chi connectivity index (χ3n) is 10.8. The number of hydrogen-bond acceptors (Lipinski definition) is 1. The second kappa shape index (κ2) is 14.0. The number of hydrogen-bond donors (Lipinski definition) is 0. The molecule has 10 aromatic rings. The highest BCUT2D eigenvalue weighted by atomic mass is 15.1. The van der Waals surface area contributed by atoms with Crippen LogP contribution in [0.1, 0.15) is 0 Å². The molecule has 0 aliphatic heterocycles. The van der Waals surface area contributed by atoms with Crippen LogP contribution >= 0.6 is 0 Å². The maximum Gasteiger partial charge on any atom is 0.0546 e. The van der Waals surface area contributed by atoms with E-state index in [1.54, 1.807) is 0 Å². The topological polar surface area (TPSA) is 3.24 Å². The molecule has 258 valence electrons. The maximum absolute atomic E-state index is 2.42. The predicted octanol–water partition coefficient (Wildman–Crippen LogP) is 15.3. The number of benzene rings is 10. The second-order valence-corrected chi connectivity index (χ2v) is 14.1. The first-order valence-corrected chi connectivity index (χ1v) is 18.9. The van der Waals surface area contributed by atoms with Crippen LogP contribution in [0.5, 0.6) is 0 Å². The zero-order chi connectivity index (χ0) is 36.6. The molecule has 0 heterocycles. The lowest BCUT2D eigenvalue weighted by Gasteiger charge is -2.28. The van der Waals surface area contributed by atoms with E-state index in [1.807, 2.05) is 0 Å². The Morgan fingerprint density at radius 1 is 0.255 bits per heavy atom. The lowest BCUT2D eigenvalue weighted by molar-refractivity contribution is 1.30. The molecule has 0 saturated carbocycles. The van der Waals surface area contributed by atoms with E-state index in [2.05, 4.69) is 229 Å². The molecular formula is C54H37N. The Morgan fingerprint density at radius 3 is 1.36 bits per heavy atom. The van der Waals surface area contributed by atoms with Gasteiger partial charge in [-0.05, 0) is 108 Å². The van der Waals surface area contributed by atoms with Crippen molar-refractivity contribution in [3.63, 3.8) is 0 Å². The molecule has 0 aromatic heterocycles. The van der Waals surface area contributed by atoms with Crippen molar-refractivity contribution in [2.24, 2.45) is 0 Å². The Kier molecular flexibility index (Phi) is 8.24. The quantitative estimate of drug-likeness (QED) is 0.160. The monoisotopic (exact) mass is 699 g/mol. The molecule has 0 aliphatic carbocycles. The summed E-state index contributed by atoms with van der Waals surface area (Å²) in [5, 5.41) is 7.40. The van der Waals surface area contributed by atoms with Crippen LogP contribution in [0.2, 0.25) is 0 Å². The molecule has 1 nitrogen and oxygen atoms in total. The van der Waals surface area contributed by atoms with E-state index in [9.17, 15) is 0 Å². The molecule has 10 aromatic carbocycles. The first-order chi connectivity index (χ1) is 27.3. The summed E-state index contributed by atoms with van der Waals surface area (Å²) in [4.78, 5) is 2.42. The molecule has 0 unspecified atom stereocenters. The maximum atomic E-state index is 2.42. The van der Waals surface area contributed by atoms with Crippen LogP contribution in [0.25, 0.3) is 76.8 Å². The van der Waals surface area contributed by atoms with E-state index < -0.39 is 0 Å².